The van der Waals surface area contributed by atoms with E-state index in [1.807, 2.05) is 6.07 Å². The van der Waals surface area contributed by atoms with Crippen LogP contribution in [0.25, 0.3) is 0 Å². The van der Waals surface area contributed by atoms with E-state index in [1.54, 1.807) is 12.1 Å². The van der Waals surface area contributed by atoms with Crippen LogP contribution in [0, 0.1) is 0 Å². The Labute approximate surface area is 122 Å². The van der Waals surface area contributed by atoms with Crippen molar-refractivity contribution in [3.05, 3.63) is 23.8 Å². The van der Waals surface area contributed by atoms with Gasteiger partial charge < -0.3 is 26.0 Å². The molecule has 1 unspecified atom stereocenters. The van der Waals surface area contributed by atoms with Crippen LogP contribution >= 0.6 is 0 Å². The predicted octanol–water partition coefficient (Wildman–Crippen LogP) is -0.150. The van der Waals surface area contributed by atoms with Gasteiger partial charge in [0.05, 0.1) is 24.6 Å². The number of hydrogen-bond donors (Lipinski definition) is 3. The largest absolute Gasteiger partial charge is 0.382 e. The van der Waals surface area contributed by atoms with Crippen molar-refractivity contribution in [2.45, 2.75) is 6.04 Å². The number of carbonyl (C=O) groups is 2. The molecule has 112 valence electrons. The molecule has 7 nitrogen and oxygen atoms in total. The minimum atomic E-state index is -0.701. The van der Waals surface area contributed by atoms with Crippen LogP contribution in [0.5, 0.6) is 0 Å². The number of benzene rings is 1. The highest BCUT2D eigenvalue weighted by molar-refractivity contribution is 5.99. The second kappa shape index (κ2) is 5.61. The Morgan fingerprint density at radius 1 is 1.24 bits per heavy atom. The molecule has 1 saturated heterocycles. The molecule has 1 fully saturated rings. The van der Waals surface area contributed by atoms with E-state index >= 15 is 0 Å². The molecule has 3 rings (SSSR count). The lowest BCUT2D eigenvalue weighted by atomic mass is 10.1. The molecule has 2 aliphatic heterocycles. The number of nitrogens with zero attached hydrogens (tertiary/aromatic N) is 1. The zero-order chi connectivity index (χ0) is 14.8. The quantitative estimate of drug-likeness (QED) is 0.704. The molecule has 0 aliphatic carbocycles. The van der Waals surface area contributed by atoms with Crippen LogP contribution in [0.3, 0.4) is 0 Å². The van der Waals surface area contributed by atoms with Gasteiger partial charge in [0, 0.05) is 25.2 Å². The number of nitrogens with two attached hydrogens (primary N) is 1. The Morgan fingerprint density at radius 2 is 2.00 bits per heavy atom. The second-order valence-corrected chi connectivity index (χ2v) is 5.11. The fourth-order valence-corrected chi connectivity index (χ4v) is 2.62. The maximum absolute atomic E-state index is 12.6. The van der Waals surface area contributed by atoms with Crippen LogP contribution in [-0.4, -0.2) is 55.6 Å². The van der Waals surface area contributed by atoms with E-state index in [9.17, 15) is 9.59 Å². The topological polar surface area (TPSA) is 96.7 Å². The molecule has 1 atom stereocenters. The van der Waals surface area contributed by atoms with Gasteiger partial charge in [0.1, 0.15) is 6.04 Å². The number of fused-ring (bicyclic) bond motifs is 1. The monoisotopic (exact) mass is 290 g/mol. The maximum atomic E-state index is 12.6. The molecule has 21 heavy (non-hydrogen) atoms. The summed E-state index contributed by atoms with van der Waals surface area (Å²) in [5.74, 6) is -0.738. The first-order chi connectivity index (χ1) is 10.2. The number of primary amides is 1. The predicted molar refractivity (Wildman–Crippen MR) is 78.3 cm³/mol. The summed E-state index contributed by atoms with van der Waals surface area (Å²) in [6.07, 6.45) is 0. The Morgan fingerprint density at radius 3 is 2.76 bits per heavy atom. The molecular weight excluding hydrogens is 272 g/mol. The number of morpholine rings is 1. The van der Waals surface area contributed by atoms with E-state index in [1.165, 1.54) is 4.90 Å². The summed E-state index contributed by atoms with van der Waals surface area (Å²) >= 11 is 0. The third kappa shape index (κ3) is 2.64. The normalized spacial score (nSPS) is 21.0. The van der Waals surface area contributed by atoms with Gasteiger partial charge in [-0.3, -0.25) is 9.59 Å². The maximum Gasteiger partial charge on any atom is 0.254 e. The number of hydrogen-bond acceptors (Lipinski definition) is 5. The fourth-order valence-electron chi connectivity index (χ4n) is 2.62. The van der Waals surface area contributed by atoms with Gasteiger partial charge in [-0.2, -0.15) is 0 Å². The van der Waals surface area contributed by atoms with Crippen LogP contribution in [0.15, 0.2) is 18.2 Å². The molecule has 1 aromatic rings. The van der Waals surface area contributed by atoms with Gasteiger partial charge in [-0.1, -0.05) is 0 Å². The lowest BCUT2D eigenvalue weighted by Crippen LogP contribution is -2.54. The van der Waals surface area contributed by atoms with Crippen molar-refractivity contribution in [1.29, 1.82) is 0 Å². The van der Waals surface area contributed by atoms with Gasteiger partial charge in [0.15, 0.2) is 0 Å². The molecular formula is C14H18N4O3. The zero-order valence-corrected chi connectivity index (χ0v) is 11.6. The van der Waals surface area contributed by atoms with Gasteiger partial charge in [-0.05, 0) is 18.2 Å². The number of rotatable bonds is 2. The first-order valence-corrected chi connectivity index (χ1v) is 6.96. The molecule has 2 aliphatic rings. The highest BCUT2D eigenvalue weighted by Crippen LogP contribution is 2.26. The minimum absolute atomic E-state index is 0.159. The second-order valence-electron chi connectivity index (χ2n) is 5.11. The van der Waals surface area contributed by atoms with Crippen molar-refractivity contribution in [3.63, 3.8) is 0 Å². The van der Waals surface area contributed by atoms with Crippen molar-refractivity contribution < 1.29 is 14.3 Å². The van der Waals surface area contributed by atoms with Crippen molar-refractivity contribution in [2.24, 2.45) is 5.73 Å². The van der Waals surface area contributed by atoms with Crippen LogP contribution in [0.1, 0.15) is 10.4 Å². The summed E-state index contributed by atoms with van der Waals surface area (Å²) in [7, 11) is 0. The molecule has 2 amide bonds. The summed E-state index contributed by atoms with van der Waals surface area (Å²) in [6, 6.07) is 4.73. The summed E-state index contributed by atoms with van der Waals surface area (Å²) in [5, 5.41) is 6.50. The van der Waals surface area contributed by atoms with E-state index in [4.69, 9.17) is 10.5 Å². The van der Waals surface area contributed by atoms with Crippen LogP contribution < -0.4 is 16.4 Å². The van der Waals surface area contributed by atoms with E-state index < -0.39 is 11.9 Å². The van der Waals surface area contributed by atoms with Crippen LogP contribution in [-0.2, 0) is 9.53 Å². The summed E-state index contributed by atoms with van der Waals surface area (Å²) < 4.78 is 5.23. The third-order valence-corrected chi connectivity index (χ3v) is 3.74. The smallest absolute Gasteiger partial charge is 0.254 e. The van der Waals surface area contributed by atoms with Gasteiger partial charge in [0.25, 0.3) is 5.91 Å². The summed E-state index contributed by atoms with van der Waals surface area (Å²) in [4.78, 5) is 25.6. The standard InChI is InChI=1S/C14H18N4O3/c15-13(19)12-8-21-6-5-18(12)14(20)9-1-2-10-11(7-9)17-4-3-16-10/h1-2,7,12,16-17H,3-6,8H2,(H2,15,19). The van der Waals surface area contributed by atoms with E-state index in [-0.39, 0.29) is 12.5 Å². The number of amides is 2. The molecule has 0 saturated carbocycles. The first kappa shape index (κ1) is 13.7. The highest BCUT2D eigenvalue weighted by atomic mass is 16.5. The Hall–Kier alpha value is -2.28. The van der Waals surface area contributed by atoms with Crippen molar-refractivity contribution >= 4 is 23.2 Å². The van der Waals surface area contributed by atoms with Gasteiger partial charge in [-0.15, -0.1) is 0 Å². The van der Waals surface area contributed by atoms with Crippen molar-refractivity contribution in [2.75, 3.05) is 43.5 Å². The van der Waals surface area contributed by atoms with Gasteiger partial charge >= 0.3 is 0 Å². The number of ether oxygens (including phenoxy) is 1. The van der Waals surface area contributed by atoms with E-state index in [0.717, 1.165) is 24.5 Å². The van der Waals surface area contributed by atoms with Crippen molar-refractivity contribution in [1.82, 2.24) is 4.90 Å². The van der Waals surface area contributed by atoms with Gasteiger partial charge in [0.2, 0.25) is 5.91 Å². The molecule has 1 aromatic carbocycles. The van der Waals surface area contributed by atoms with Crippen molar-refractivity contribution in [3.8, 4) is 0 Å². The molecule has 7 heteroatoms. The zero-order valence-electron chi connectivity index (χ0n) is 11.6. The fraction of sp³-hybridized carbons (Fsp3) is 0.429. The number of carbonyl (C=O) groups excluding carboxylic acids is 2. The Kier molecular flexibility index (Phi) is 3.66. The highest BCUT2D eigenvalue weighted by Gasteiger charge is 2.32. The first-order valence-electron chi connectivity index (χ1n) is 6.96. The average molecular weight is 290 g/mol. The molecule has 0 bridgehead atoms. The van der Waals surface area contributed by atoms with E-state index in [0.29, 0.717) is 18.7 Å². The van der Waals surface area contributed by atoms with Gasteiger partial charge in [-0.25, -0.2) is 0 Å². The number of nitrogens with one attached hydrogen (secondary N) is 2. The minimum Gasteiger partial charge on any atom is -0.382 e. The molecule has 4 N–H and O–H groups in total. The SMILES string of the molecule is NC(=O)C1COCCN1C(=O)c1ccc2c(c1)NCCN2. The summed E-state index contributed by atoms with van der Waals surface area (Å²) in [6.45, 7) is 2.61. The Balaban J connectivity index is 1.85. The number of anilines is 2. The molecule has 0 aromatic heterocycles. The van der Waals surface area contributed by atoms with Crippen LogP contribution in [0.2, 0.25) is 0 Å². The molecule has 0 radical (unpaired) electrons. The Bertz CT molecular complexity index is 575. The summed E-state index contributed by atoms with van der Waals surface area (Å²) in [5.41, 5.74) is 7.77. The molecule has 0 spiro atoms. The van der Waals surface area contributed by atoms with Crippen LogP contribution in [0.4, 0.5) is 11.4 Å². The lowest BCUT2D eigenvalue weighted by molar-refractivity contribution is -0.127. The molecule has 2 heterocycles. The average Bonchev–Trinajstić information content (AvgIpc) is 2.53. The lowest BCUT2D eigenvalue weighted by Gasteiger charge is -2.33. The van der Waals surface area contributed by atoms with E-state index in [2.05, 4.69) is 10.6 Å². The third-order valence-electron chi connectivity index (χ3n) is 3.74.